The smallest absolute Gasteiger partial charge is 0.379 e. The quantitative estimate of drug-likeness (QED) is 0.212. The normalized spacial score (nSPS) is 13.7. The third kappa shape index (κ3) is 5.07. The van der Waals surface area contributed by atoms with Crippen molar-refractivity contribution in [3.8, 4) is 23.3 Å². The Kier molecular flexibility index (Phi) is 6.96. The Bertz CT molecular complexity index is 1450. The number of aromatic nitrogens is 3. The lowest BCUT2D eigenvalue weighted by Crippen LogP contribution is -2.38. The van der Waals surface area contributed by atoms with Crippen molar-refractivity contribution in [1.29, 1.82) is 5.26 Å². The highest BCUT2D eigenvalue weighted by atomic mass is 16.6. The number of rotatable bonds is 7. The third-order valence-electron chi connectivity index (χ3n) is 5.74. The minimum absolute atomic E-state index is 0.0779. The predicted molar refractivity (Wildman–Crippen MR) is 135 cm³/mol. The van der Waals surface area contributed by atoms with Crippen molar-refractivity contribution in [2.75, 3.05) is 38.3 Å². The molecule has 3 heterocycles. The highest BCUT2D eigenvalue weighted by molar-refractivity contribution is 5.90. The van der Waals surface area contributed by atoms with Crippen molar-refractivity contribution in [3.05, 3.63) is 84.1 Å². The number of carbonyl (C=O) groups is 1. The van der Waals surface area contributed by atoms with Gasteiger partial charge in [0.15, 0.2) is 17.3 Å². The minimum Gasteiger partial charge on any atom is -0.493 e. The van der Waals surface area contributed by atoms with Gasteiger partial charge in [0.2, 0.25) is 11.7 Å². The van der Waals surface area contributed by atoms with Gasteiger partial charge >= 0.3 is 5.97 Å². The second-order valence-corrected chi connectivity index (χ2v) is 8.04. The zero-order valence-corrected chi connectivity index (χ0v) is 20.0. The molecule has 2 aromatic carbocycles. The Hall–Kier alpha value is -4.88. The SMILES string of the molecule is COc1cc(C=C(C#N)c2nnc(N3CCOCC3)n2-c2ccccc2)ccc1OC(=O)c1ccco1. The highest BCUT2D eigenvalue weighted by Crippen LogP contribution is 2.31. The number of para-hydroxylation sites is 1. The summed E-state index contributed by atoms with van der Waals surface area (Å²) in [5, 5.41) is 18.9. The molecule has 4 aromatic rings. The first kappa shape index (κ1) is 23.8. The van der Waals surface area contributed by atoms with Gasteiger partial charge in [-0.3, -0.25) is 4.57 Å². The summed E-state index contributed by atoms with van der Waals surface area (Å²) in [6.07, 6.45) is 3.08. The Balaban J connectivity index is 1.51. The van der Waals surface area contributed by atoms with E-state index in [1.807, 2.05) is 34.9 Å². The van der Waals surface area contributed by atoms with E-state index in [1.165, 1.54) is 19.4 Å². The van der Waals surface area contributed by atoms with E-state index in [9.17, 15) is 10.1 Å². The number of morpholine rings is 1. The summed E-state index contributed by atoms with van der Waals surface area (Å²) >= 11 is 0. The van der Waals surface area contributed by atoms with Crippen LogP contribution in [0.1, 0.15) is 21.9 Å². The zero-order chi connectivity index (χ0) is 25.6. The van der Waals surface area contributed by atoms with Crippen LogP contribution in [0.25, 0.3) is 17.3 Å². The molecule has 0 bridgehead atoms. The molecule has 0 aliphatic carbocycles. The molecular formula is C27H23N5O5. The number of anilines is 1. The monoisotopic (exact) mass is 497 g/mol. The van der Waals surface area contributed by atoms with Crippen LogP contribution in [-0.4, -0.2) is 54.1 Å². The van der Waals surface area contributed by atoms with Crippen LogP contribution in [0.5, 0.6) is 11.5 Å². The van der Waals surface area contributed by atoms with Crippen molar-refractivity contribution in [1.82, 2.24) is 14.8 Å². The van der Waals surface area contributed by atoms with E-state index < -0.39 is 5.97 Å². The standard InChI is InChI=1S/C27H23N5O5/c1-34-24-17-19(9-10-22(24)37-26(33)23-8-5-13-36-23)16-20(18-28)25-29-30-27(31-11-14-35-15-12-31)32(25)21-6-3-2-4-7-21/h2-10,13,16-17H,11-12,14-15H2,1H3. The molecule has 0 saturated carbocycles. The number of nitrogens with zero attached hydrogens (tertiary/aromatic N) is 5. The van der Waals surface area contributed by atoms with Gasteiger partial charge in [0.1, 0.15) is 6.07 Å². The maximum Gasteiger partial charge on any atom is 0.379 e. The largest absolute Gasteiger partial charge is 0.493 e. The number of nitriles is 1. The molecule has 5 rings (SSSR count). The van der Waals surface area contributed by atoms with Crippen molar-refractivity contribution in [2.24, 2.45) is 0 Å². The van der Waals surface area contributed by atoms with Gasteiger partial charge < -0.3 is 23.5 Å². The van der Waals surface area contributed by atoms with E-state index in [-0.39, 0.29) is 11.5 Å². The summed E-state index contributed by atoms with van der Waals surface area (Å²) in [6, 6.07) is 20.0. The van der Waals surface area contributed by atoms with Gasteiger partial charge in [-0.05, 0) is 48.0 Å². The summed E-state index contributed by atoms with van der Waals surface area (Å²) < 4.78 is 23.3. The van der Waals surface area contributed by atoms with E-state index in [0.717, 1.165) is 5.69 Å². The number of esters is 1. The average molecular weight is 498 g/mol. The first-order valence-corrected chi connectivity index (χ1v) is 11.6. The molecule has 0 spiro atoms. The van der Waals surface area contributed by atoms with Gasteiger partial charge in [0, 0.05) is 13.1 Å². The Morgan fingerprint density at radius 1 is 1.05 bits per heavy atom. The van der Waals surface area contributed by atoms with Crippen molar-refractivity contribution >= 4 is 23.6 Å². The second-order valence-electron chi connectivity index (χ2n) is 8.04. The molecule has 0 radical (unpaired) electrons. The Morgan fingerprint density at radius 3 is 2.57 bits per heavy atom. The lowest BCUT2D eigenvalue weighted by Gasteiger charge is -2.28. The maximum absolute atomic E-state index is 12.3. The fraction of sp³-hybridized carbons (Fsp3) is 0.185. The third-order valence-corrected chi connectivity index (χ3v) is 5.74. The van der Waals surface area contributed by atoms with Gasteiger partial charge in [-0.2, -0.15) is 5.26 Å². The van der Waals surface area contributed by atoms with Crippen LogP contribution >= 0.6 is 0 Å². The average Bonchev–Trinajstić information content (AvgIpc) is 3.64. The topological polar surface area (TPSA) is 116 Å². The fourth-order valence-corrected chi connectivity index (χ4v) is 3.95. The molecular weight excluding hydrogens is 474 g/mol. The molecule has 1 fully saturated rings. The van der Waals surface area contributed by atoms with Gasteiger partial charge in [0.25, 0.3) is 0 Å². The molecule has 2 aromatic heterocycles. The maximum atomic E-state index is 12.3. The molecule has 1 aliphatic heterocycles. The molecule has 0 N–H and O–H groups in total. The number of ether oxygens (including phenoxy) is 3. The summed E-state index contributed by atoms with van der Waals surface area (Å²) in [5.74, 6) is 1.03. The second kappa shape index (κ2) is 10.8. The first-order valence-electron chi connectivity index (χ1n) is 11.6. The van der Waals surface area contributed by atoms with Crippen LogP contribution in [0.2, 0.25) is 0 Å². The highest BCUT2D eigenvalue weighted by Gasteiger charge is 2.23. The number of allylic oxidation sites excluding steroid dienone is 1. The lowest BCUT2D eigenvalue weighted by atomic mass is 10.1. The van der Waals surface area contributed by atoms with Crippen LogP contribution in [-0.2, 0) is 4.74 Å². The molecule has 1 saturated heterocycles. The van der Waals surface area contributed by atoms with Gasteiger partial charge in [-0.1, -0.05) is 24.3 Å². The van der Waals surface area contributed by atoms with E-state index in [1.54, 1.807) is 30.3 Å². The number of furan rings is 1. The minimum atomic E-state index is -0.643. The number of hydrogen-bond donors (Lipinski definition) is 0. The van der Waals surface area contributed by atoms with Crippen LogP contribution in [0, 0.1) is 11.3 Å². The van der Waals surface area contributed by atoms with E-state index >= 15 is 0 Å². The molecule has 0 amide bonds. The summed E-state index contributed by atoms with van der Waals surface area (Å²) in [7, 11) is 1.47. The van der Waals surface area contributed by atoms with Gasteiger partial charge in [0.05, 0.1) is 37.8 Å². The molecule has 0 unspecified atom stereocenters. The zero-order valence-electron chi connectivity index (χ0n) is 20.0. The molecule has 10 heteroatoms. The molecule has 0 atom stereocenters. The summed E-state index contributed by atoms with van der Waals surface area (Å²) in [5.41, 5.74) is 1.79. The molecule has 37 heavy (non-hydrogen) atoms. The molecule has 186 valence electrons. The Morgan fingerprint density at radius 2 is 1.86 bits per heavy atom. The van der Waals surface area contributed by atoms with Crippen molar-refractivity contribution in [2.45, 2.75) is 0 Å². The summed E-state index contributed by atoms with van der Waals surface area (Å²) in [4.78, 5) is 14.4. The van der Waals surface area contributed by atoms with Crippen molar-refractivity contribution < 1.29 is 23.4 Å². The van der Waals surface area contributed by atoms with Crippen LogP contribution in [0.15, 0.2) is 71.3 Å². The van der Waals surface area contributed by atoms with Crippen LogP contribution in [0.3, 0.4) is 0 Å². The Labute approximate surface area is 212 Å². The number of carbonyl (C=O) groups excluding carboxylic acids is 1. The van der Waals surface area contributed by atoms with Crippen molar-refractivity contribution in [3.63, 3.8) is 0 Å². The van der Waals surface area contributed by atoms with Gasteiger partial charge in [-0.25, -0.2) is 4.79 Å². The fourth-order valence-electron chi connectivity index (χ4n) is 3.95. The predicted octanol–water partition coefficient (Wildman–Crippen LogP) is 3.99. The molecule has 10 nitrogen and oxygen atoms in total. The van der Waals surface area contributed by atoms with E-state index in [0.29, 0.717) is 55.0 Å². The first-order chi connectivity index (χ1) is 18.2. The van der Waals surface area contributed by atoms with Crippen LogP contribution < -0.4 is 14.4 Å². The number of benzene rings is 2. The summed E-state index contributed by atoms with van der Waals surface area (Å²) in [6.45, 7) is 2.53. The molecule has 1 aliphatic rings. The van der Waals surface area contributed by atoms with Gasteiger partial charge in [-0.15, -0.1) is 10.2 Å². The number of methoxy groups -OCH3 is 1. The lowest BCUT2D eigenvalue weighted by molar-refractivity contribution is 0.0696. The van der Waals surface area contributed by atoms with Crippen LogP contribution in [0.4, 0.5) is 5.95 Å². The van der Waals surface area contributed by atoms with E-state index in [2.05, 4.69) is 21.2 Å². The number of hydrogen-bond acceptors (Lipinski definition) is 9. The van der Waals surface area contributed by atoms with E-state index in [4.69, 9.17) is 18.6 Å².